The fraction of sp³-hybridized carbons (Fsp3) is 0.200. The van der Waals surface area contributed by atoms with Gasteiger partial charge in [-0.3, -0.25) is 14.0 Å². The van der Waals surface area contributed by atoms with E-state index in [1.54, 1.807) is 18.3 Å². The van der Waals surface area contributed by atoms with Crippen LogP contribution in [0.2, 0.25) is 0 Å². The van der Waals surface area contributed by atoms with Crippen molar-refractivity contribution in [1.82, 2.24) is 15.0 Å². The molecule has 9 nitrogen and oxygen atoms in total. The summed E-state index contributed by atoms with van der Waals surface area (Å²) in [5, 5.41) is 2.69. The molecule has 0 atom stereocenters. The van der Waals surface area contributed by atoms with Gasteiger partial charge in [-0.2, -0.15) is 8.42 Å². The molecule has 30 heavy (non-hydrogen) atoms. The fourth-order valence-corrected chi connectivity index (χ4v) is 3.08. The van der Waals surface area contributed by atoms with Crippen LogP contribution in [0.25, 0.3) is 11.3 Å². The second kappa shape index (κ2) is 9.42. The second-order valence-corrected chi connectivity index (χ2v) is 8.16. The van der Waals surface area contributed by atoms with E-state index in [0.29, 0.717) is 24.2 Å². The topological polar surface area (TPSA) is 137 Å². The third-order valence-electron chi connectivity index (χ3n) is 4.09. The lowest BCUT2D eigenvalue weighted by Crippen LogP contribution is -2.17. The number of aromatic nitrogens is 3. The van der Waals surface area contributed by atoms with Crippen LogP contribution in [-0.2, 0) is 20.7 Å². The maximum atomic E-state index is 12.5. The number of anilines is 2. The highest BCUT2D eigenvalue weighted by molar-refractivity contribution is 7.85. The van der Waals surface area contributed by atoms with Gasteiger partial charge in [0.15, 0.2) is 11.5 Å². The minimum atomic E-state index is -3.42. The third kappa shape index (κ3) is 6.06. The van der Waals surface area contributed by atoms with Gasteiger partial charge in [0.25, 0.3) is 16.0 Å². The number of hydrogen-bond acceptors (Lipinski definition) is 8. The van der Waals surface area contributed by atoms with Gasteiger partial charge in [0.2, 0.25) is 0 Å². The van der Waals surface area contributed by atoms with Gasteiger partial charge in [0.1, 0.15) is 0 Å². The van der Waals surface area contributed by atoms with E-state index in [1.807, 2.05) is 24.3 Å². The Hall–Kier alpha value is -3.37. The van der Waals surface area contributed by atoms with Crippen molar-refractivity contribution in [2.24, 2.45) is 0 Å². The van der Waals surface area contributed by atoms with Crippen molar-refractivity contribution in [1.29, 1.82) is 0 Å². The lowest BCUT2D eigenvalue weighted by Gasteiger charge is -2.09. The van der Waals surface area contributed by atoms with Gasteiger partial charge >= 0.3 is 0 Å². The lowest BCUT2D eigenvalue weighted by atomic mass is 10.1. The van der Waals surface area contributed by atoms with Crippen molar-refractivity contribution in [2.45, 2.75) is 12.8 Å². The van der Waals surface area contributed by atoms with Gasteiger partial charge in [-0.25, -0.2) is 9.97 Å². The molecule has 3 N–H and O–H groups in total. The molecular formula is C20H21N5O4S. The lowest BCUT2D eigenvalue weighted by molar-refractivity contribution is 0.102. The number of pyridine rings is 1. The third-order valence-corrected chi connectivity index (χ3v) is 4.69. The standard InChI is InChI=1S/C20H21N5O4S/c1-30(27,28)29-11-3-4-14-6-8-15(9-7-14)17-13-23-19(21)18(25-17)20(26)24-16-5-2-10-22-12-16/h2,5-10,12-13H,3-4,11H2,1H3,(H2,21,23)(H,24,26). The molecule has 1 amide bonds. The van der Waals surface area contributed by atoms with Crippen molar-refractivity contribution in [3.63, 3.8) is 0 Å². The molecule has 0 aliphatic carbocycles. The first kappa shape index (κ1) is 21.3. The molecular weight excluding hydrogens is 406 g/mol. The highest BCUT2D eigenvalue weighted by Crippen LogP contribution is 2.20. The number of nitrogens with zero attached hydrogens (tertiary/aromatic N) is 3. The van der Waals surface area contributed by atoms with Crippen molar-refractivity contribution < 1.29 is 17.4 Å². The normalized spacial score (nSPS) is 11.2. The number of hydrogen-bond donors (Lipinski definition) is 2. The van der Waals surface area contributed by atoms with Crippen LogP contribution >= 0.6 is 0 Å². The number of carbonyl (C=O) groups excluding carboxylic acids is 1. The Balaban J connectivity index is 1.68. The Kier molecular flexibility index (Phi) is 6.70. The highest BCUT2D eigenvalue weighted by atomic mass is 32.2. The summed E-state index contributed by atoms with van der Waals surface area (Å²) in [5.41, 5.74) is 8.69. The number of aryl methyl sites for hydroxylation is 1. The van der Waals surface area contributed by atoms with E-state index >= 15 is 0 Å². The van der Waals surface area contributed by atoms with E-state index in [2.05, 4.69) is 20.3 Å². The Morgan fingerprint density at radius 2 is 1.93 bits per heavy atom. The Morgan fingerprint density at radius 3 is 2.60 bits per heavy atom. The molecule has 0 aliphatic rings. The average Bonchev–Trinajstić information content (AvgIpc) is 2.72. The van der Waals surface area contributed by atoms with E-state index in [1.165, 1.54) is 12.4 Å². The molecule has 0 saturated carbocycles. The minimum Gasteiger partial charge on any atom is -0.382 e. The molecule has 0 radical (unpaired) electrons. The number of nitrogen functional groups attached to an aromatic ring is 1. The molecule has 2 heterocycles. The van der Waals surface area contributed by atoms with Gasteiger partial charge in [0, 0.05) is 11.8 Å². The van der Waals surface area contributed by atoms with Crippen LogP contribution in [0, 0.1) is 0 Å². The molecule has 156 valence electrons. The molecule has 10 heteroatoms. The molecule has 0 bridgehead atoms. The SMILES string of the molecule is CS(=O)(=O)OCCCc1ccc(-c2cnc(N)c(C(=O)Nc3cccnc3)n2)cc1. The number of nitrogens with two attached hydrogens (primary N) is 1. The largest absolute Gasteiger partial charge is 0.382 e. The van der Waals surface area contributed by atoms with E-state index in [0.717, 1.165) is 17.4 Å². The van der Waals surface area contributed by atoms with Crippen molar-refractivity contribution >= 4 is 27.5 Å². The quantitative estimate of drug-likeness (QED) is 0.413. The average molecular weight is 427 g/mol. The number of carbonyl (C=O) groups is 1. The molecule has 0 unspecified atom stereocenters. The predicted molar refractivity (Wildman–Crippen MR) is 113 cm³/mol. The van der Waals surface area contributed by atoms with E-state index in [9.17, 15) is 13.2 Å². The summed E-state index contributed by atoms with van der Waals surface area (Å²) in [4.78, 5) is 24.9. The summed E-state index contributed by atoms with van der Waals surface area (Å²) >= 11 is 0. The number of amides is 1. The van der Waals surface area contributed by atoms with E-state index in [4.69, 9.17) is 9.92 Å². The van der Waals surface area contributed by atoms with E-state index in [-0.39, 0.29) is 18.1 Å². The smallest absolute Gasteiger partial charge is 0.278 e. The summed E-state index contributed by atoms with van der Waals surface area (Å²) in [5.74, 6) is -0.444. The summed E-state index contributed by atoms with van der Waals surface area (Å²) in [6.45, 7) is 0.138. The van der Waals surface area contributed by atoms with Crippen LogP contribution in [0.15, 0.2) is 55.0 Å². The first-order valence-electron chi connectivity index (χ1n) is 9.09. The fourth-order valence-electron chi connectivity index (χ4n) is 2.66. The van der Waals surface area contributed by atoms with Crippen LogP contribution in [-0.4, -0.2) is 42.1 Å². The first-order chi connectivity index (χ1) is 14.3. The van der Waals surface area contributed by atoms with E-state index < -0.39 is 16.0 Å². The van der Waals surface area contributed by atoms with Crippen LogP contribution in [0.1, 0.15) is 22.5 Å². The summed E-state index contributed by atoms with van der Waals surface area (Å²) in [7, 11) is -3.42. The molecule has 2 aromatic heterocycles. The van der Waals surface area contributed by atoms with Crippen LogP contribution in [0.5, 0.6) is 0 Å². The van der Waals surface area contributed by atoms with Crippen LogP contribution in [0.3, 0.4) is 0 Å². The molecule has 3 aromatic rings. The number of rotatable bonds is 8. The van der Waals surface area contributed by atoms with Gasteiger partial charge in [-0.05, 0) is 30.5 Å². The summed E-state index contributed by atoms with van der Waals surface area (Å²) in [6.07, 6.45) is 6.90. The molecule has 0 aliphatic heterocycles. The minimum absolute atomic E-state index is 0.0263. The molecule has 3 rings (SSSR count). The van der Waals surface area contributed by atoms with Crippen LogP contribution in [0.4, 0.5) is 11.5 Å². The zero-order valence-corrected chi connectivity index (χ0v) is 17.1. The number of nitrogens with one attached hydrogen (secondary N) is 1. The summed E-state index contributed by atoms with van der Waals surface area (Å²) < 4.78 is 26.7. The Bertz CT molecular complexity index is 1120. The first-order valence-corrected chi connectivity index (χ1v) is 10.9. The zero-order chi connectivity index (χ0) is 21.6. The van der Waals surface area contributed by atoms with Crippen molar-refractivity contribution in [3.8, 4) is 11.3 Å². The van der Waals surface area contributed by atoms with Crippen LogP contribution < -0.4 is 11.1 Å². The monoisotopic (exact) mass is 427 g/mol. The molecule has 0 saturated heterocycles. The van der Waals surface area contributed by atoms with Crippen molar-refractivity contribution in [2.75, 3.05) is 23.9 Å². The maximum absolute atomic E-state index is 12.5. The van der Waals surface area contributed by atoms with Crippen molar-refractivity contribution in [3.05, 3.63) is 66.2 Å². The molecule has 0 fully saturated rings. The highest BCUT2D eigenvalue weighted by Gasteiger charge is 2.15. The molecule has 0 spiro atoms. The molecule has 1 aromatic carbocycles. The van der Waals surface area contributed by atoms with Gasteiger partial charge in [-0.1, -0.05) is 24.3 Å². The van der Waals surface area contributed by atoms with Gasteiger partial charge < -0.3 is 11.1 Å². The zero-order valence-electron chi connectivity index (χ0n) is 16.3. The number of benzene rings is 1. The predicted octanol–water partition coefficient (Wildman–Crippen LogP) is 2.28. The Morgan fingerprint density at radius 1 is 1.17 bits per heavy atom. The van der Waals surface area contributed by atoms with Gasteiger partial charge in [0.05, 0.1) is 36.6 Å². The Labute approximate surface area is 174 Å². The summed E-state index contributed by atoms with van der Waals surface area (Å²) in [6, 6.07) is 10.9. The maximum Gasteiger partial charge on any atom is 0.278 e. The second-order valence-electron chi connectivity index (χ2n) is 6.51. The van der Waals surface area contributed by atoms with Gasteiger partial charge in [-0.15, -0.1) is 0 Å².